The van der Waals surface area contributed by atoms with Crippen LogP contribution in [0, 0.1) is 0 Å². The van der Waals surface area contributed by atoms with Gasteiger partial charge in [-0.1, -0.05) is 23.2 Å². The number of phenols is 1. The average Bonchev–Trinajstić information content (AvgIpc) is 3.09. The number of fused-ring (bicyclic) bond motifs is 4. The van der Waals surface area contributed by atoms with Crippen LogP contribution in [0.4, 0.5) is 0 Å². The Hall–Kier alpha value is -1.38. The molecule has 1 N–H and O–H groups in total. The summed E-state index contributed by atoms with van der Waals surface area (Å²) in [6.07, 6.45) is 3.64. The highest BCUT2D eigenvalue weighted by Crippen LogP contribution is 2.59. The van der Waals surface area contributed by atoms with Crippen LogP contribution in [0.2, 0.25) is 10.0 Å². The van der Waals surface area contributed by atoms with Gasteiger partial charge in [0.25, 0.3) is 0 Å². The second-order valence-corrected chi connectivity index (χ2v) is 6.92. The lowest BCUT2D eigenvalue weighted by Crippen LogP contribution is -2.22. The molecule has 2 aliphatic rings. The maximum Gasteiger partial charge on any atom is 0.123 e. The van der Waals surface area contributed by atoms with Crippen LogP contribution >= 0.6 is 23.2 Å². The number of hydrogen-bond acceptors (Lipinski definition) is 2. The largest absolute Gasteiger partial charge is 0.508 e. The van der Waals surface area contributed by atoms with Crippen LogP contribution in [0.15, 0.2) is 24.3 Å². The minimum absolute atomic E-state index is 0.226. The van der Waals surface area contributed by atoms with Gasteiger partial charge in [0.2, 0.25) is 0 Å². The van der Waals surface area contributed by atoms with Gasteiger partial charge < -0.3 is 9.84 Å². The molecule has 0 radical (unpaired) electrons. The third-order valence-electron chi connectivity index (χ3n) is 5.23. The van der Waals surface area contributed by atoms with Crippen molar-refractivity contribution in [3.8, 4) is 11.5 Å². The van der Waals surface area contributed by atoms with E-state index in [2.05, 4.69) is 0 Å². The molecule has 22 heavy (non-hydrogen) atoms. The van der Waals surface area contributed by atoms with E-state index in [0.29, 0.717) is 5.75 Å². The summed E-state index contributed by atoms with van der Waals surface area (Å²) < 4.78 is 5.61. The first kappa shape index (κ1) is 14.2. The van der Waals surface area contributed by atoms with Crippen molar-refractivity contribution >= 4 is 23.2 Å². The first-order valence-corrected chi connectivity index (χ1v) is 8.21. The summed E-state index contributed by atoms with van der Waals surface area (Å²) in [5.41, 5.74) is 4.10. The number of aromatic hydroxyl groups is 1. The van der Waals surface area contributed by atoms with Gasteiger partial charge in [-0.2, -0.15) is 0 Å². The number of ether oxygens (including phenoxy) is 1. The quantitative estimate of drug-likeness (QED) is 0.804. The van der Waals surface area contributed by atoms with E-state index in [1.54, 1.807) is 19.2 Å². The summed E-state index contributed by atoms with van der Waals surface area (Å²) >= 11 is 12.8. The Kier molecular flexibility index (Phi) is 3.11. The van der Waals surface area contributed by atoms with Gasteiger partial charge >= 0.3 is 0 Å². The van der Waals surface area contributed by atoms with Crippen LogP contribution in [0.5, 0.6) is 11.5 Å². The van der Waals surface area contributed by atoms with E-state index in [-0.39, 0.29) is 5.41 Å². The molecule has 1 spiro atoms. The molecular formula is C18H16Cl2O2. The molecule has 0 amide bonds. The van der Waals surface area contributed by atoms with Crippen LogP contribution in [-0.2, 0) is 18.3 Å². The lowest BCUT2D eigenvalue weighted by atomic mass is 9.76. The van der Waals surface area contributed by atoms with Gasteiger partial charge in [-0.3, -0.25) is 0 Å². The molecule has 4 heteroatoms. The molecule has 2 nitrogen and oxygen atoms in total. The molecule has 2 aromatic rings. The van der Waals surface area contributed by atoms with Gasteiger partial charge in [0.15, 0.2) is 0 Å². The fourth-order valence-electron chi connectivity index (χ4n) is 4.36. The van der Waals surface area contributed by atoms with Crippen molar-refractivity contribution in [3.05, 3.63) is 56.6 Å². The van der Waals surface area contributed by atoms with E-state index in [0.717, 1.165) is 63.7 Å². The topological polar surface area (TPSA) is 29.5 Å². The van der Waals surface area contributed by atoms with Crippen LogP contribution in [0.3, 0.4) is 0 Å². The molecule has 114 valence electrons. The summed E-state index contributed by atoms with van der Waals surface area (Å²) in [7, 11) is 1.68. The van der Waals surface area contributed by atoms with Gasteiger partial charge in [-0.15, -0.1) is 0 Å². The van der Waals surface area contributed by atoms with Gasteiger partial charge in [0.05, 0.1) is 7.11 Å². The minimum atomic E-state index is -0.226. The van der Waals surface area contributed by atoms with Crippen molar-refractivity contribution in [1.29, 1.82) is 0 Å². The molecule has 1 atom stereocenters. The number of halogens is 2. The molecule has 2 aromatic carbocycles. The SMILES string of the molecule is COc1ccc(Cl)c2c1C1(CCc3c(Cl)ccc(O)c31)CC2. The van der Waals surface area contributed by atoms with E-state index in [1.807, 2.05) is 12.1 Å². The number of phenolic OH excluding ortho intramolecular Hbond substituents is 1. The molecule has 0 aromatic heterocycles. The van der Waals surface area contributed by atoms with Gasteiger partial charge in [0.1, 0.15) is 11.5 Å². The molecule has 0 saturated carbocycles. The van der Waals surface area contributed by atoms with E-state index in [4.69, 9.17) is 27.9 Å². The standard InChI is InChI=1S/C18H16Cl2O2/c1-22-15-5-3-13(20)11-7-9-18(17(11)15)8-6-10-12(19)2-4-14(21)16(10)18/h2-5,21H,6-9H2,1H3. The van der Waals surface area contributed by atoms with E-state index < -0.39 is 0 Å². The summed E-state index contributed by atoms with van der Waals surface area (Å²) in [6.45, 7) is 0. The Morgan fingerprint density at radius 2 is 1.55 bits per heavy atom. The lowest BCUT2D eigenvalue weighted by molar-refractivity contribution is 0.388. The Labute approximate surface area is 139 Å². The molecule has 0 heterocycles. The van der Waals surface area contributed by atoms with Gasteiger partial charge in [-0.05, 0) is 61.1 Å². The van der Waals surface area contributed by atoms with Gasteiger partial charge in [-0.25, -0.2) is 0 Å². The highest BCUT2D eigenvalue weighted by Gasteiger charge is 2.49. The first-order valence-electron chi connectivity index (χ1n) is 7.45. The van der Waals surface area contributed by atoms with Crippen LogP contribution in [0.1, 0.15) is 35.1 Å². The van der Waals surface area contributed by atoms with Crippen molar-refractivity contribution in [2.45, 2.75) is 31.1 Å². The van der Waals surface area contributed by atoms with Crippen LogP contribution < -0.4 is 4.74 Å². The molecular weight excluding hydrogens is 319 g/mol. The van der Waals surface area contributed by atoms with Crippen molar-refractivity contribution in [2.75, 3.05) is 7.11 Å². The molecule has 0 fully saturated rings. The second-order valence-electron chi connectivity index (χ2n) is 6.11. The van der Waals surface area contributed by atoms with Crippen molar-refractivity contribution in [2.24, 2.45) is 0 Å². The lowest BCUT2D eigenvalue weighted by Gasteiger charge is -2.29. The zero-order valence-corrected chi connectivity index (χ0v) is 13.8. The Morgan fingerprint density at radius 3 is 2.18 bits per heavy atom. The summed E-state index contributed by atoms with van der Waals surface area (Å²) in [5, 5.41) is 12.0. The van der Waals surface area contributed by atoms with E-state index >= 15 is 0 Å². The minimum Gasteiger partial charge on any atom is -0.508 e. The van der Waals surface area contributed by atoms with E-state index in [9.17, 15) is 5.11 Å². The molecule has 4 rings (SSSR count). The normalized spacial score (nSPS) is 22.0. The molecule has 1 unspecified atom stereocenters. The third-order valence-corrected chi connectivity index (χ3v) is 5.94. The highest BCUT2D eigenvalue weighted by atomic mass is 35.5. The molecule has 0 saturated heterocycles. The van der Waals surface area contributed by atoms with Crippen molar-refractivity contribution in [3.63, 3.8) is 0 Å². The maximum absolute atomic E-state index is 10.5. The fraction of sp³-hybridized carbons (Fsp3) is 0.333. The summed E-state index contributed by atoms with van der Waals surface area (Å²) in [4.78, 5) is 0. The second kappa shape index (κ2) is 4.81. The zero-order valence-electron chi connectivity index (χ0n) is 12.2. The van der Waals surface area contributed by atoms with E-state index in [1.165, 1.54) is 0 Å². The number of rotatable bonds is 1. The third kappa shape index (κ3) is 1.68. The Bertz CT molecular complexity index is 781. The molecule has 0 aliphatic heterocycles. The predicted molar refractivity (Wildman–Crippen MR) is 88.5 cm³/mol. The summed E-state index contributed by atoms with van der Waals surface area (Å²) in [5.74, 6) is 1.18. The average molecular weight is 335 g/mol. The fourth-order valence-corrected chi connectivity index (χ4v) is 4.86. The van der Waals surface area contributed by atoms with Crippen molar-refractivity contribution < 1.29 is 9.84 Å². The monoisotopic (exact) mass is 334 g/mol. The summed E-state index contributed by atoms with van der Waals surface area (Å²) in [6, 6.07) is 7.29. The maximum atomic E-state index is 10.5. The van der Waals surface area contributed by atoms with Crippen LogP contribution in [-0.4, -0.2) is 12.2 Å². The van der Waals surface area contributed by atoms with Crippen LogP contribution in [0.25, 0.3) is 0 Å². The van der Waals surface area contributed by atoms with Crippen molar-refractivity contribution in [1.82, 2.24) is 0 Å². The smallest absolute Gasteiger partial charge is 0.123 e. The molecule has 0 bridgehead atoms. The molecule has 2 aliphatic carbocycles. The number of hydrogen-bond donors (Lipinski definition) is 1. The Morgan fingerprint density at radius 1 is 0.955 bits per heavy atom. The zero-order chi connectivity index (χ0) is 15.5. The number of methoxy groups -OCH3 is 1. The Balaban J connectivity index is 2.04. The first-order chi connectivity index (χ1) is 10.6. The van der Waals surface area contributed by atoms with Gasteiger partial charge in [0, 0.05) is 26.6 Å². The predicted octanol–water partition coefficient (Wildman–Crippen LogP) is 4.89. The number of benzene rings is 2. The highest BCUT2D eigenvalue weighted by molar-refractivity contribution is 6.32.